The Hall–Kier alpha value is -4.11. The monoisotopic (exact) mass is 797 g/mol. The van der Waals surface area contributed by atoms with E-state index in [1.165, 1.54) is 25.1 Å². The number of para-hydroxylation sites is 1. The molecule has 2 amide bonds. The lowest BCUT2D eigenvalue weighted by molar-refractivity contribution is -0.173. The predicted molar refractivity (Wildman–Crippen MR) is 191 cm³/mol. The van der Waals surface area contributed by atoms with Crippen molar-refractivity contribution in [1.29, 1.82) is 0 Å². The first kappa shape index (κ1) is 37.6. The molecule has 3 aliphatic rings. The van der Waals surface area contributed by atoms with E-state index >= 15 is 0 Å². The third kappa shape index (κ3) is 6.65. The van der Waals surface area contributed by atoms with Crippen molar-refractivity contribution in [1.82, 2.24) is 4.90 Å². The molecular weight excluding hydrogens is 758 g/mol. The number of hydrogen-bond acceptors (Lipinski definition) is 11. The van der Waals surface area contributed by atoms with Gasteiger partial charge in [-0.3, -0.25) is 28.3 Å². The van der Waals surface area contributed by atoms with Crippen LogP contribution in [0.1, 0.15) is 41.5 Å². The molecule has 2 saturated heterocycles. The number of fused-ring (bicyclic) bond motifs is 6. The fraction of sp³-hybridized carbons (Fsp3) is 0.421. The number of rotatable bonds is 12. The smallest absolute Gasteiger partial charge is 0.322 e. The molecule has 6 rings (SSSR count). The number of benzene rings is 3. The van der Waals surface area contributed by atoms with Gasteiger partial charge in [0.1, 0.15) is 40.8 Å². The summed E-state index contributed by atoms with van der Waals surface area (Å²) >= 11 is 3.24. The van der Waals surface area contributed by atoms with Gasteiger partial charge >= 0.3 is 11.9 Å². The number of nitrogens with zero attached hydrogens (tertiary/aromatic N) is 1. The van der Waals surface area contributed by atoms with Gasteiger partial charge in [0.15, 0.2) is 5.60 Å². The van der Waals surface area contributed by atoms with E-state index in [1.54, 1.807) is 83.1 Å². The van der Waals surface area contributed by atoms with Gasteiger partial charge in [0.25, 0.3) is 10.1 Å². The van der Waals surface area contributed by atoms with Gasteiger partial charge < -0.3 is 18.9 Å². The molecular formula is C38H40BrNO11S. The number of likely N-dealkylation sites (tertiary alicyclic amines) is 1. The minimum Gasteiger partial charge on any atom is -0.463 e. The number of imide groups is 1. The molecule has 3 aromatic rings. The van der Waals surface area contributed by atoms with Crippen molar-refractivity contribution in [2.24, 2.45) is 17.3 Å². The molecule has 276 valence electrons. The van der Waals surface area contributed by atoms with Crippen LogP contribution in [0.5, 0.6) is 5.75 Å². The fourth-order valence-corrected chi connectivity index (χ4v) is 8.08. The second kappa shape index (κ2) is 13.4. The second-order valence-corrected chi connectivity index (χ2v) is 18.2. The Bertz CT molecular complexity index is 2070. The molecule has 0 spiro atoms. The zero-order valence-corrected chi connectivity index (χ0v) is 32.0. The molecule has 14 heteroatoms. The molecule has 0 aliphatic carbocycles. The number of alkyl halides is 1. The van der Waals surface area contributed by atoms with E-state index < -0.39 is 79.4 Å². The zero-order valence-electron chi connectivity index (χ0n) is 29.6. The standard InChI is InChI=1S/C38H40BrNO11S/c1-23(50-52(45,46)27-17-16-24-12-10-11-13-25(24)20-27)38-28(49-26-14-8-7-9-15-26)21-37(51-38,22-48-33(43)35(2,3)4)29-30(38)32(42)40(31(29)41)18-19-47-34(44)36(5,6)39/h7-17,20-21,23,29-30H,18-19,22H2,1-6H3. The van der Waals surface area contributed by atoms with Crippen LogP contribution in [0, 0.1) is 17.3 Å². The van der Waals surface area contributed by atoms with Gasteiger partial charge in [0.2, 0.25) is 11.8 Å². The van der Waals surface area contributed by atoms with Crippen LogP contribution in [-0.4, -0.2) is 78.5 Å². The first-order valence-corrected chi connectivity index (χ1v) is 19.0. The Balaban J connectivity index is 1.42. The maximum Gasteiger partial charge on any atom is 0.322 e. The summed E-state index contributed by atoms with van der Waals surface area (Å²) in [5, 5.41) is 1.49. The summed E-state index contributed by atoms with van der Waals surface area (Å²) in [5.74, 6) is -4.86. The van der Waals surface area contributed by atoms with Gasteiger partial charge in [0, 0.05) is 0 Å². The van der Waals surface area contributed by atoms with Gasteiger partial charge in [-0.05, 0) is 82.7 Å². The van der Waals surface area contributed by atoms with Crippen molar-refractivity contribution < 1.29 is 50.7 Å². The summed E-state index contributed by atoms with van der Waals surface area (Å²) < 4.78 is 57.0. The minimum absolute atomic E-state index is 0.0171. The number of carbonyl (C=O) groups is 4. The van der Waals surface area contributed by atoms with E-state index in [-0.39, 0.29) is 23.8 Å². The van der Waals surface area contributed by atoms with Gasteiger partial charge in [-0.25, -0.2) is 0 Å². The minimum atomic E-state index is -4.51. The summed E-state index contributed by atoms with van der Waals surface area (Å²) in [5.41, 5.74) is -4.67. The molecule has 3 aromatic carbocycles. The Labute approximate surface area is 310 Å². The van der Waals surface area contributed by atoms with Crippen molar-refractivity contribution in [3.8, 4) is 5.75 Å². The average Bonchev–Trinajstić information content (AvgIpc) is 3.67. The molecule has 0 N–H and O–H groups in total. The Morgan fingerprint density at radius 2 is 1.52 bits per heavy atom. The van der Waals surface area contributed by atoms with Crippen molar-refractivity contribution in [2.75, 3.05) is 19.8 Å². The van der Waals surface area contributed by atoms with E-state index in [0.29, 0.717) is 11.1 Å². The van der Waals surface area contributed by atoms with Crippen LogP contribution in [0.4, 0.5) is 0 Å². The van der Waals surface area contributed by atoms with Gasteiger partial charge in [0.05, 0.1) is 28.7 Å². The quantitative estimate of drug-likeness (QED) is 0.101. The predicted octanol–water partition coefficient (Wildman–Crippen LogP) is 5.33. The number of hydrogen-bond donors (Lipinski definition) is 0. The highest BCUT2D eigenvalue weighted by Gasteiger charge is 2.79. The summed E-state index contributed by atoms with van der Waals surface area (Å²) in [6.45, 7) is 8.55. The first-order chi connectivity index (χ1) is 24.3. The normalized spacial score (nSPS) is 24.8. The number of carbonyl (C=O) groups excluding carboxylic acids is 4. The summed E-state index contributed by atoms with van der Waals surface area (Å²) in [7, 11) is -4.51. The van der Waals surface area contributed by atoms with E-state index in [4.69, 9.17) is 23.1 Å². The third-order valence-electron chi connectivity index (χ3n) is 9.44. The van der Waals surface area contributed by atoms with Crippen LogP contribution in [0.25, 0.3) is 10.8 Å². The van der Waals surface area contributed by atoms with E-state index in [1.807, 2.05) is 12.1 Å². The number of ether oxygens (including phenoxy) is 4. The molecule has 5 atom stereocenters. The van der Waals surface area contributed by atoms with Crippen molar-refractivity contribution in [3.05, 3.63) is 84.6 Å². The highest BCUT2D eigenvalue weighted by Crippen LogP contribution is 2.62. The maximum atomic E-state index is 14.5. The summed E-state index contributed by atoms with van der Waals surface area (Å²) in [4.78, 5) is 55.1. The third-order valence-corrected chi connectivity index (χ3v) is 11.1. The number of halogens is 1. The Morgan fingerprint density at radius 1 is 0.885 bits per heavy atom. The van der Waals surface area contributed by atoms with E-state index in [0.717, 1.165) is 10.3 Å². The lowest BCUT2D eigenvalue weighted by atomic mass is 9.69. The summed E-state index contributed by atoms with van der Waals surface area (Å²) in [6.07, 6.45) is 0.0274. The Kier molecular flexibility index (Phi) is 9.69. The molecule has 0 aromatic heterocycles. The Morgan fingerprint density at radius 3 is 2.17 bits per heavy atom. The number of esters is 2. The van der Waals surface area contributed by atoms with Crippen LogP contribution in [0.2, 0.25) is 0 Å². The van der Waals surface area contributed by atoms with Gasteiger partial charge in [-0.2, -0.15) is 8.42 Å². The van der Waals surface area contributed by atoms with Gasteiger partial charge in [-0.1, -0.05) is 64.5 Å². The van der Waals surface area contributed by atoms with E-state index in [2.05, 4.69) is 15.9 Å². The topological polar surface area (TPSA) is 152 Å². The lowest BCUT2D eigenvalue weighted by Gasteiger charge is -2.37. The average molecular weight is 799 g/mol. The van der Waals surface area contributed by atoms with E-state index in [9.17, 15) is 27.6 Å². The maximum absolute atomic E-state index is 14.5. The second-order valence-electron chi connectivity index (χ2n) is 14.7. The number of amides is 2. The van der Waals surface area contributed by atoms with Crippen LogP contribution >= 0.6 is 15.9 Å². The lowest BCUT2D eigenvalue weighted by Crippen LogP contribution is -2.53. The SMILES string of the molecule is CC(OS(=O)(=O)c1ccc2ccccc2c1)C12OC(COC(=O)C(C)(C)C)(C=C1Oc1ccccc1)C1C(=O)N(CCOC(=O)C(C)(C)Br)C(=O)C12. The zero-order chi connectivity index (χ0) is 37.9. The molecule has 12 nitrogen and oxygen atoms in total. The molecule has 0 saturated carbocycles. The fourth-order valence-electron chi connectivity index (χ4n) is 6.83. The first-order valence-electron chi connectivity index (χ1n) is 16.8. The van der Waals surface area contributed by atoms with Crippen LogP contribution in [0.15, 0.2) is 89.5 Å². The molecule has 2 fully saturated rings. The van der Waals surface area contributed by atoms with Crippen LogP contribution in [0.3, 0.4) is 0 Å². The molecule has 0 radical (unpaired) electrons. The molecule has 3 aliphatic heterocycles. The van der Waals surface area contributed by atoms with Crippen molar-refractivity contribution in [3.63, 3.8) is 0 Å². The van der Waals surface area contributed by atoms with Crippen molar-refractivity contribution >= 4 is 60.6 Å². The molecule has 52 heavy (non-hydrogen) atoms. The molecule has 3 heterocycles. The summed E-state index contributed by atoms with van der Waals surface area (Å²) in [6, 6.07) is 20.4. The molecule has 5 unspecified atom stereocenters. The van der Waals surface area contributed by atoms with Gasteiger partial charge in [-0.15, -0.1) is 0 Å². The molecule has 2 bridgehead atoms. The van der Waals surface area contributed by atoms with Crippen LogP contribution in [-0.2, 0) is 47.7 Å². The largest absolute Gasteiger partial charge is 0.463 e. The van der Waals surface area contributed by atoms with Crippen molar-refractivity contribution in [2.45, 2.75) is 68.1 Å². The highest BCUT2D eigenvalue weighted by atomic mass is 79.9. The van der Waals surface area contributed by atoms with Crippen LogP contribution < -0.4 is 4.74 Å². The highest BCUT2D eigenvalue weighted by molar-refractivity contribution is 9.10.